The molecule has 0 spiro atoms. The van der Waals surface area contributed by atoms with Crippen LogP contribution in [-0.2, 0) is 14.3 Å². The van der Waals surface area contributed by atoms with Gasteiger partial charge in [-0.3, -0.25) is 4.79 Å². The van der Waals surface area contributed by atoms with Crippen molar-refractivity contribution in [2.75, 3.05) is 31.0 Å². The number of carbonyl (C=O) groups excluding carboxylic acids is 2. The van der Waals surface area contributed by atoms with Crippen LogP contribution in [0.5, 0.6) is 5.75 Å². The number of methoxy groups -OCH3 is 1. The van der Waals surface area contributed by atoms with Crippen LogP contribution in [0.1, 0.15) is 0 Å². The zero-order valence-corrected chi connectivity index (χ0v) is 11.1. The predicted molar refractivity (Wildman–Crippen MR) is 71.0 cm³/mol. The third-order valence-corrected chi connectivity index (χ3v) is 2.53. The number of amides is 1. The number of hydrogen-bond donors (Lipinski definition) is 1. The summed E-state index contributed by atoms with van der Waals surface area (Å²) in [5, 5.41) is 2.73. The van der Waals surface area contributed by atoms with Crippen LogP contribution >= 0.6 is 11.8 Å². The van der Waals surface area contributed by atoms with Crippen molar-refractivity contribution in [1.29, 1.82) is 0 Å². The second kappa shape index (κ2) is 7.60. The molecule has 18 heavy (non-hydrogen) atoms. The van der Waals surface area contributed by atoms with E-state index in [0.717, 1.165) is 0 Å². The maximum atomic E-state index is 11.4. The van der Waals surface area contributed by atoms with Gasteiger partial charge < -0.3 is 14.8 Å². The number of benzene rings is 1. The molecule has 0 atom stereocenters. The van der Waals surface area contributed by atoms with Gasteiger partial charge in [0.2, 0.25) is 5.91 Å². The SMILES string of the molecule is COC(=O)COc1cccc(NC(=O)CSC)c1. The van der Waals surface area contributed by atoms with Gasteiger partial charge in [-0.1, -0.05) is 6.07 Å². The van der Waals surface area contributed by atoms with Crippen LogP contribution in [0.3, 0.4) is 0 Å². The lowest BCUT2D eigenvalue weighted by atomic mass is 10.3. The smallest absolute Gasteiger partial charge is 0.343 e. The molecule has 1 N–H and O–H groups in total. The summed E-state index contributed by atoms with van der Waals surface area (Å²) in [5.41, 5.74) is 0.636. The molecular weight excluding hydrogens is 254 g/mol. The highest BCUT2D eigenvalue weighted by Crippen LogP contribution is 2.17. The van der Waals surface area contributed by atoms with Crippen molar-refractivity contribution in [2.24, 2.45) is 0 Å². The van der Waals surface area contributed by atoms with Crippen molar-refractivity contribution in [1.82, 2.24) is 0 Å². The average molecular weight is 269 g/mol. The molecule has 0 bridgehead atoms. The number of hydrogen-bond acceptors (Lipinski definition) is 5. The van der Waals surface area contributed by atoms with E-state index in [4.69, 9.17) is 4.74 Å². The lowest BCUT2D eigenvalue weighted by Crippen LogP contribution is -2.14. The summed E-state index contributed by atoms with van der Waals surface area (Å²) in [4.78, 5) is 22.3. The molecule has 0 unspecified atom stereocenters. The highest BCUT2D eigenvalue weighted by molar-refractivity contribution is 7.99. The van der Waals surface area contributed by atoms with Crippen LogP contribution in [-0.4, -0.2) is 37.6 Å². The van der Waals surface area contributed by atoms with E-state index in [1.807, 2.05) is 6.26 Å². The molecule has 0 saturated carbocycles. The van der Waals surface area contributed by atoms with Gasteiger partial charge in [-0.05, 0) is 18.4 Å². The Bertz CT molecular complexity index is 422. The Morgan fingerprint density at radius 1 is 1.39 bits per heavy atom. The van der Waals surface area contributed by atoms with Crippen LogP contribution in [0, 0.1) is 0 Å². The first-order chi connectivity index (χ1) is 8.65. The lowest BCUT2D eigenvalue weighted by Gasteiger charge is -2.08. The third-order valence-electron chi connectivity index (χ3n) is 1.98. The van der Waals surface area contributed by atoms with E-state index < -0.39 is 5.97 Å². The molecule has 0 heterocycles. The van der Waals surface area contributed by atoms with Crippen LogP contribution in [0.4, 0.5) is 5.69 Å². The van der Waals surface area contributed by atoms with E-state index in [2.05, 4.69) is 10.1 Å². The number of anilines is 1. The van der Waals surface area contributed by atoms with E-state index in [9.17, 15) is 9.59 Å². The van der Waals surface area contributed by atoms with Crippen LogP contribution in [0.25, 0.3) is 0 Å². The van der Waals surface area contributed by atoms with Crippen molar-refractivity contribution < 1.29 is 19.1 Å². The maximum absolute atomic E-state index is 11.4. The van der Waals surface area contributed by atoms with Gasteiger partial charge >= 0.3 is 5.97 Å². The fourth-order valence-corrected chi connectivity index (χ4v) is 1.53. The molecule has 0 saturated heterocycles. The van der Waals surface area contributed by atoms with Crippen molar-refractivity contribution >= 4 is 29.3 Å². The molecule has 0 aliphatic heterocycles. The molecule has 6 heteroatoms. The van der Waals surface area contributed by atoms with E-state index in [-0.39, 0.29) is 12.5 Å². The number of rotatable bonds is 6. The van der Waals surface area contributed by atoms with E-state index in [1.165, 1.54) is 18.9 Å². The molecule has 0 aliphatic rings. The number of ether oxygens (including phenoxy) is 2. The second-order valence-corrected chi connectivity index (χ2v) is 4.24. The maximum Gasteiger partial charge on any atom is 0.343 e. The number of thioether (sulfide) groups is 1. The van der Waals surface area contributed by atoms with Gasteiger partial charge in [-0.25, -0.2) is 4.79 Å². The molecule has 1 aromatic carbocycles. The van der Waals surface area contributed by atoms with E-state index in [1.54, 1.807) is 24.3 Å². The van der Waals surface area contributed by atoms with Gasteiger partial charge in [0.05, 0.1) is 12.9 Å². The van der Waals surface area contributed by atoms with Crippen molar-refractivity contribution in [3.63, 3.8) is 0 Å². The number of esters is 1. The van der Waals surface area contributed by atoms with Crippen molar-refractivity contribution in [3.8, 4) is 5.75 Å². The zero-order chi connectivity index (χ0) is 13.4. The lowest BCUT2D eigenvalue weighted by molar-refractivity contribution is -0.142. The van der Waals surface area contributed by atoms with Gasteiger partial charge in [-0.2, -0.15) is 11.8 Å². The first kappa shape index (κ1) is 14.4. The highest BCUT2D eigenvalue weighted by atomic mass is 32.2. The summed E-state index contributed by atoms with van der Waals surface area (Å²) in [7, 11) is 1.30. The van der Waals surface area contributed by atoms with Gasteiger partial charge in [0, 0.05) is 11.8 Å². The minimum absolute atomic E-state index is 0.0763. The molecule has 98 valence electrons. The van der Waals surface area contributed by atoms with Gasteiger partial charge in [0.15, 0.2) is 6.61 Å². The Labute approximate surface area is 110 Å². The fourth-order valence-electron chi connectivity index (χ4n) is 1.19. The number of nitrogens with one attached hydrogen (secondary N) is 1. The fraction of sp³-hybridized carbons (Fsp3) is 0.333. The van der Waals surface area contributed by atoms with E-state index in [0.29, 0.717) is 17.2 Å². The van der Waals surface area contributed by atoms with Crippen LogP contribution < -0.4 is 10.1 Å². The van der Waals surface area contributed by atoms with Gasteiger partial charge in [0.1, 0.15) is 5.75 Å². The molecule has 0 radical (unpaired) electrons. The largest absolute Gasteiger partial charge is 0.482 e. The summed E-state index contributed by atoms with van der Waals surface area (Å²) < 4.78 is 9.67. The summed E-state index contributed by atoms with van der Waals surface area (Å²) in [6, 6.07) is 6.85. The van der Waals surface area contributed by atoms with E-state index >= 15 is 0 Å². The first-order valence-corrected chi connectivity index (χ1v) is 6.63. The normalized spacial score (nSPS) is 9.67. The highest BCUT2D eigenvalue weighted by Gasteiger charge is 2.04. The summed E-state index contributed by atoms with van der Waals surface area (Å²) in [5.74, 6) is 0.370. The van der Waals surface area contributed by atoms with Crippen molar-refractivity contribution in [2.45, 2.75) is 0 Å². The minimum Gasteiger partial charge on any atom is -0.482 e. The van der Waals surface area contributed by atoms with Gasteiger partial charge in [0.25, 0.3) is 0 Å². The monoisotopic (exact) mass is 269 g/mol. The van der Waals surface area contributed by atoms with Crippen LogP contribution in [0.2, 0.25) is 0 Å². The Kier molecular flexibility index (Phi) is 6.07. The standard InChI is InChI=1S/C12H15NO4S/c1-16-12(15)7-17-10-5-3-4-9(6-10)13-11(14)8-18-2/h3-6H,7-8H2,1-2H3,(H,13,14). The Balaban J connectivity index is 2.56. The molecular formula is C12H15NO4S. The first-order valence-electron chi connectivity index (χ1n) is 5.24. The zero-order valence-electron chi connectivity index (χ0n) is 10.3. The third kappa shape index (κ3) is 5.09. The van der Waals surface area contributed by atoms with Gasteiger partial charge in [-0.15, -0.1) is 0 Å². The molecule has 1 rings (SSSR count). The summed E-state index contributed by atoms with van der Waals surface area (Å²) in [6.45, 7) is -0.154. The Morgan fingerprint density at radius 3 is 2.83 bits per heavy atom. The molecule has 5 nitrogen and oxygen atoms in total. The summed E-state index contributed by atoms with van der Waals surface area (Å²) >= 11 is 1.45. The molecule has 0 aliphatic carbocycles. The second-order valence-electron chi connectivity index (χ2n) is 3.37. The minimum atomic E-state index is -0.452. The quantitative estimate of drug-likeness (QED) is 0.794. The molecule has 0 aromatic heterocycles. The molecule has 1 amide bonds. The van der Waals surface area contributed by atoms with Crippen LogP contribution in [0.15, 0.2) is 24.3 Å². The Morgan fingerprint density at radius 2 is 2.17 bits per heavy atom. The summed E-state index contributed by atoms with van der Waals surface area (Å²) in [6.07, 6.45) is 1.86. The number of carbonyl (C=O) groups is 2. The topological polar surface area (TPSA) is 64.6 Å². The molecule has 1 aromatic rings. The van der Waals surface area contributed by atoms with Crippen molar-refractivity contribution in [3.05, 3.63) is 24.3 Å². The predicted octanol–water partition coefficient (Wildman–Crippen LogP) is 1.54. The average Bonchev–Trinajstić information content (AvgIpc) is 2.36. The Hall–Kier alpha value is -1.69. The molecule has 0 fully saturated rings.